The summed E-state index contributed by atoms with van der Waals surface area (Å²) >= 11 is 0. The third-order valence-corrected chi connectivity index (χ3v) is 4.15. The molecule has 0 N–H and O–H groups in total. The van der Waals surface area contributed by atoms with E-state index in [0.29, 0.717) is 37.4 Å². The monoisotopic (exact) mass is 355 g/mol. The minimum Gasteiger partial charge on any atom is -0.370 e. The van der Waals surface area contributed by atoms with Crippen molar-refractivity contribution in [2.24, 2.45) is 0 Å². The van der Waals surface area contributed by atoms with E-state index in [1.807, 2.05) is 0 Å². The summed E-state index contributed by atoms with van der Waals surface area (Å²) < 4.78 is 58.1. The van der Waals surface area contributed by atoms with E-state index in [1.165, 1.54) is 18.5 Å². The number of aryl methyl sites for hydroxylation is 1. The molecule has 0 spiro atoms. The molecule has 1 aliphatic heterocycles. The summed E-state index contributed by atoms with van der Waals surface area (Å²) in [6, 6.07) is 4.84. The van der Waals surface area contributed by atoms with Crippen LogP contribution in [0.25, 0.3) is 0 Å². The van der Waals surface area contributed by atoms with Crippen LogP contribution < -0.4 is 4.90 Å². The first-order chi connectivity index (χ1) is 11.9. The fraction of sp³-hybridized carbons (Fsp3) is 0.412. The molecule has 1 aromatic heterocycles. The van der Waals surface area contributed by atoms with Crippen molar-refractivity contribution < 1.29 is 22.3 Å². The Labute approximate surface area is 142 Å². The predicted molar refractivity (Wildman–Crippen MR) is 83.7 cm³/mol. The molecule has 25 heavy (non-hydrogen) atoms. The summed E-state index contributed by atoms with van der Waals surface area (Å²) in [4.78, 5) is 9.67. The van der Waals surface area contributed by atoms with Crippen molar-refractivity contribution in [1.29, 1.82) is 0 Å². The smallest absolute Gasteiger partial charge is 0.370 e. The zero-order chi connectivity index (χ0) is 18.0. The topological polar surface area (TPSA) is 38.2 Å². The van der Waals surface area contributed by atoms with Gasteiger partial charge in [0, 0.05) is 13.1 Å². The van der Waals surface area contributed by atoms with E-state index in [0.717, 1.165) is 12.1 Å². The molecule has 1 aliphatic rings. The lowest BCUT2D eigenvalue weighted by Crippen LogP contribution is -2.39. The van der Waals surface area contributed by atoms with Gasteiger partial charge in [-0.25, -0.2) is 14.4 Å². The van der Waals surface area contributed by atoms with E-state index in [4.69, 9.17) is 4.74 Å². The highest BCUT2D eigenvalue weighted by atomic mass is 19.4. The number of halogens is 4. The van der Waals surface area contributed by atoms with Gasteiger partial charge in [0.2, 0.25) is 0 Å². The van der Waals surface area contributed by atoms with Gasteiger partial charge in [-0.1, -0.05) is 19.1 Å². The Balaban J connectivity index is 1.80. The van der Waals surface area contributed by atoms with Crippen LogP contribution in [0.3, 0.4) is 0 Å². The fourth-order valence-electron chi connectivity index (χ4n) is 2.79. The van der Waals surface area contributed by atoms with E-state index in [1.54, 1.807) is 11.8 Å². The Morgan fingerprint density at radius 1 is 1.20 bits per heavy atom. The summed E-state index contributed by atoms with van der Waals surface area (Å²) in [5.41, 5.74) is 0.240. The van der Waals surface area contributed by atoms with Crippen LogP contribution in [0.5, 0.6) is 0 Å². The predicted octanol–water partition coefficient (Wildman–Crippen LogP) is 3.77. The number of aromatic nitrogens is 2. The van der Waals surface area contributed by atoms with E-state index in [-0.39, 0.29) is 5.82 Å². The van der Waals surface area contributed by atoms with Crippen molar-refractivity contribution in [3.8, 4) is 0 Å². The maximum absolute atomic E-state index is 14.4. The average Bonchev–Trinajstić information content (AvgIpc) is 2.61. The minimum absolute atomic E-state index is 0.201. The highest BCUT2D eigenvalue weighted by Crippen LogP contribution is 2.32. The molecule has 1 aromatic carbocycles. The van der Waals surface area contributed by atoms with Gasteiger partial charge in [0.25, 0.3) is 0 Å². The molecule has 0 aliphatic carbocycles. The first kappa shape index (κ1) is 17.6. The summed E-state index contributed by atoms with van der Waals surface area (Å²) in [6.07, 6.45) is -3.05. The van der Waals surface area contributed by atoms with E-state index in [9.17, 15) is 17.6 Å². The molecule has 2 heterocycles. The summed E-state index contributed by atoms with van der Waals surface area (Å²) in [7, 11) is 0. The second-order valence-corrected chi connectivity index (χ2v) is 5.74. The lowest BCUT2D eigenvalue weighted by Gasteiger charge is -2.34. The molecule has 0 saturated carbocycles. The molecule has 2 aromatic rings. The second-order valence-electron chi connectivity index (χ2n) is 5.74. The number of hydrogen-bond donors (Lipinski definition) is 0. The number of morpholine rings is 1. The first-order valence-corrected chi connectivity index (χ1v) is 7.93. The number of benzene rings is 1. The largest absolute Gasteiger partial charge is 0.416 e. The second kappa shape index (κ2) is 6.95. The maximum atomic E-state index is 14.4. The number of ether oxygens (including phenoxy) is 1. The van der Waals surface area contributed by atoms with E-state index >= 15 is 0 Å². The highest BCUT2D eigenvalue weighted by molar-refractivity contribution is 5.42. The zero-order valence-electron chi connectivity index (χ0n) is 13.6. The number of nitrogens with zero attached hydrogens (tertiary/aromatic N) is 3. The summed E-state index contributed by atoms with van der Waals surface area (Å²) in [5, 5.41) is 0. The molecular formula is C17H17F4N3O. The molecular weight excluding hydrogens is 338 g/mol. The fourth-order valence-corrected chi connectivity index (χ4v) is 2.79. The third-order valence-electron chi connectivity index (χ3n) is 4.15. The minimum atomic E-state index is -4.38. The molecule has 0 bridgehead atoms. The van der Waals surface area contributed by atoms with Crippen LogP contribution in [0.2, 0.25) is 0 Å². The van der Waals surface area contributed by atoms with Crippen molar-refractivity contribution in [3.63, 3.8) is 0 Å². The van der Waals surface area contributed by atoms with Gasteiger partial charge in [-0.15, -0.1) is 0 Å². The summed E-state index contributed by atoms with van der Waals surface area (Å²) in [5.74, 6) is -0.259. The molecule has 4 nitrogen and oxygen atoms in total. The van der Waals surface area contributed by atoms with E-state index < -0.39 is 23.7 Å². The third kappa shape index (κ3) is 3.73. The molecule has 134 valence electrons. The SMILES string of the molecule is CCc1ncnc(N2CCOC(c3ccc(C(F)(F)F)cc3)C2)c1F. The quantitative estimate of drug-likeness (QED) is 0.786. The number of alkyl halides is 3. The van der Waals surface area contributed by atoms with Crippen LogP contribution >= 0.6 is 0 Å². The van der Waals surface area contributed by atoms with Crippen LogP contribution in [0.4, 0.5) is 23.4 Å². The van der Waals surface area contributed by atoms with Crippen LogP contribution in [-0.4, -0.2) is 29.7 Å². The van der Waals surface area contributed by atoms with Gasteiger partial charge in [0.05, 0.1) is 17.9 Å². The summed E-state index contributed by atoms with van der Waals surface area (Å²) in [6.45, 7) is 2.90. The van der Waals surface area contributed by atoms with Crippen LogP contribution in [-0.2, 0) is 17.3 Å². The van der Waals surface area contributed by atoms with Gasteiger partial charge in [0.15, 0.2) is 11.6 Å². The Kier molecular flexibility index (Phi) is 4.89. The van der Waals surface area contributed by atoms with Gasteiger partial charge < -0.3 is 9.64 Å². The van der Waals surface area contributed by atoms with Crippen molar-refractivity contribution in [2.45, 2.75) is 25.6 Å². The lowest BCUT2D eigenvalue weighted by molar-refractivity contribution is -0.137. The molecule has 8 heteroatoms. The molecule has 1 fully saturated rings. The van der Waals surface area contributed by atoms with Crippen LogP contribution in [0.1, 0.15) is 29.8 Å². The Hall–Kier alpha value is -2.22. The van der Waals surface area contributed by atoms with Crippen molar-refractivity contribution in [3.05, 3.63) is 53.2 Å². The molecule has 0 radical (unpaired) electrons. The van der Waals surface area contributed by atoms with Crippen LogP contribution in [0, 0.1) is 5.82 Å². The Bertz CT molecular complexity index is 734. The molecule has 0 amide bonds. The molecule has 3 rings (SSSR count). The van der Waals surface area contributed by atoms with E-state index in [2.05, 4.69) is 9.97 Å². The lowest BCUT2D eigenvalue weighted by atomic mass is 10.1. The maximum Gasteiger partial charge on any atom is 0.416 e. The number of rotatable bonds is 3. The molecule has 1 unspecified atom stereocenters. The van der Waals surface area contributed by atoms with Crippen molar-refractivity contribution in [2.75, 3.05) is 24.6 Å². The van der Waals surface area contributed by atoms with Gasteiger partial charge in [-0.05, 0) is 24.1 Å². The van der Waals surface area contributed by atoms with Gasteiger partial charge in [-0.3, -0.25) is 0 Å². The van der Waals surface area contributed by atoms with Crippen molar-refractivity contribution in [1.82, 2.24) is 9.97 Å². The highest BCUT2D eigenvalue weighted by Gasteiger charge is 2.31. The Morgan fingerprint density at radius 3 is 2.56 bits per heavy atom. The van der Waals surface area contributed by atoms with Crippen molar-refractivity contribution >= 4 is 5.82 Å². The average molecular weight is 355 g/mol. The molecule has 1 atom stereocenters. The first-order valence-electron chi connectivity index (χ1n) is 7.93. The van der Waals surface area contributed by atoms with Gasteiger partial charge >= 0.3 is 6.18 Å². The van der Waals surface area contributed by atoms with Gasteiger partial charge in [-0.2, -0.15) is 13.2 Å². The molecule has 1 saturated heterocycles. The Morgan fingerprint density at radius 2 is 1.92 bits per heavy atom. The number of anilines is 1. The normalized spacial score (nSPS) is 18.4. The van der Waals surface area contributed by atoms with Gasteiger partial charge in [0.1, 0.15) is 12.4 Å². The van der Waals surface area contributed by atoms with Crippen LogP contribution in [0.15, 0.2) is 30.6 Å². The zero-order valence-corrected chi connectivity index (χ0v) is 13.6. The standard InChI is InChI=1S/C17H17F4N3O/c1-2-13-15(18)16(23-10-22-13)24-7-8-25-14(9-24)11-3-5-12(6-4-11)17(19,20)21/h3-6,10,14H,2,7-9H2,1H3. The number of hydrogen-bond acceptors (Lipinski definition) is 4.